The summed E-state index contributed by atoms with van der Waals surface area (Å²) >= 11 is 2.16. The maximum Gasteiger partial charge on any atom is 0.255 e. The molecule has 0 aliphatic heterocycles. The standard InChI is InChI=1S/C21H27IN2O3S/c1-15(2)13-24(14-16(3)4)28(26,27)18-11-9-17(10-12-18)21(25)23-20-8-6-5-7-19(20)22/h5-12,15-16H,13-14H2,1-4H3,(H,23,25). The van der Waals surface area contributed by atoms with Crippen LogP contribution in [0.2, 0.25) is 0 Å². The van der Waals surface area contributed by atoms with Gasteiger partial charge in [-0.3, -0.25) is 4.79 Å². The number of carbonyl (C=O) groups is 1. The molecule has 1 N–H and O–H groups in total. The number of nitrogens with one attached hydrogen (secondary N) is 1. The molecule has 0 spiro atoms. The van der Waals surface area contributed by atoms with Crippen molar-refractivity contribution in [2.24, 2.45) is 11.8 Å². The van der Waals surface area contributed by atoms with Crippen molar-refractivity contribution in [2.75, 3.05) is 18.4 Å². The molecule has 2 rings (SSSR count). The minimum absolute atomic E-state index is 0.208. The second kappa shape index (κ2) is 9.84. The molecule has 0 aliphatic rings. The van der Waals surface area contributed by atoms with Crippen molar-refractivity contribution in [1.82, 2.24) is 4.31 Å². The van der Waals surface area contributed by atoms with E-state index in [0.29, 0.717) is 18.7 Å². The molecule has 0 aromatic heterocycles. The van der Waals surface area contributed by atoms with Crippen molar-refractivity contribution in [2.45, 2.75) is 32.6 Å². The van der Waals surface area contributed by atoms with Crippen LogP contribution in [0.4, 0.5) is 5.69 Å². The van der Waals surface area contributed by atoms with E-state index in [4.69, 9.17) is 0 Å². The van der Waals surface area contributed by atoms with Gasteiger partial charge in [-0.05, 0) is 70.8 Å². The van der Waals surface area contributed by atoms with E-state index in [9.17, 15) is 13.2 Å². The van der Waals surface area contributed by atoms with Gasteiger partial charge in [0.05, 0.1) is 10.6 Å². The topological polar surface area (TPSA) is 66.5 Å². The van der Waals surface area contributed by atoms with Gasteiger partial charge in [0.1, 0.15) is 0 Å². The number of hydrogen-bond acceptors (Lipinski definition) is 3. The van der Waals surface area contributed by atoms with Gasteiger partial charge in [0.25, 0.3) is 5.91 Å². The van der Waals surface area contributed by atoms with Crippen LogP contribution >= 0.6 is 22.6 Å². The number of benzene rings is 2. The van der Waals surface area contributed by atoms with Crippen molar-refractivity contribution in [1.29, 1.82) is 0 Å². The Bertz CT molecular complexity index is 900. The molecule has 7 heteroatoms. The first-order chi connectivity index (χ1) is 13.1. The predicted octanol–water partition coefficient (Wildman–Crippen LogP) is 4.85. The summed E-state index contributed by atoms with van der Waals surface area (Å²) in [6.07, 6.45) is 0. The van der Waals surface area contributed by atoms with Crippen LogP contribution in [0.5, 0.6) is 0 Å². The zero-order chi connectivity index (χ0) is 20.9. The van der Waals surface area contributed by atoms with Crippen LogP contribution in [0.1, 0.15) is 38.1 Å². The van der Waals surface area contributed by atoms with Crippen LogP contribution in [0.15, 0.2) is 53.4 Å². The van der Waals surface area contributed by atoms with Crippen molar-refractivity contribution in [3.8, 4) is 0 Å². The maximum absolute atomic E-state index is 13.0. The minimum Gasteiger partial charge on any atom is -0.321 e. The lowest BCUT2D eigenvalue weighted by atomic mass is 10.2. The van der Waals surface area contributed by atoms with Gasteiger partial charge in [-0.25, -0.2) is 8.42 Å². The molecule has 5 nitrogen and oxygen atoms in total. The van der Waals surface area contributed by atoms with Gasteiger partial charge in [0, 0.05) is 22.2 Å². The second-order valence-corrected chi connectivity index (χ2v) is 10.7. The number of anilines is 1. The van der Waals surface area contributed by atoms with Crippen LogP contribution in [0.25, 0.3) is 0 Å². The van der Waals surface area contributed by atoms with Crippen LogP contribution in [-0.2, 0) is 10.0 Å². The number of para-hydroxylation sites is 1. The molecule has 0 radical (unpaired) electrons. The van der Waals surface area contributed by atoms with E-state index in [1.807, 2.05) is 52.0 Å². The van der Waals surface area contributed by atoms with E-state index in [2.05, 4.69) is 27.9 Å². The lowest BCUT2D eigenvalue weighted by Crippen LogP contribution is -2.37. The maximum atomic E-state index is 13.0. The number of carbonyl (C=O) groups excluding carboxylic acids is 1. The Balaban J connectivity index is 2.21. The first-order valence-corrected chi connectivity index (χ1v) is 11.8. The third kappa shape index (κ3) is 6.02. The molecular formula is C21H27IN2O3S. The van der Waals surface area contributed by atoms with Crippen molar-refractivity contribution in [3.63, 3.8) is 0 Å². The van der Waals surface area contributed by atoms with E-state index >= 15 is 0 Å². The molecule has 0 saturated carbocycles. The first kappa shape index (κ1) is 22.8. The van der Waals surface area contributed by atoms with Gasteiger partial charge in [-0.2, -0.15) is 4.31 Å². The molecule has 0 heterocycles. The monoisotopic (exact) mass is 514 g/mol. The average Bonchev–Trinajstić information content (AvgIpc) is 2.62. The molecule has 2 aromatic rings. The highest BCUT2D eigenvalue weighted by Gasteiger charge is 2.26. The summed E-state index contributed by atoms with van der Waals surface area (Å²) in [7, 11) is -3.60. The summed E-state index contributed by atoms with van der Waals surface area (Å²) in [5.41, 5.74) is 1.14. The normalized spacial score (nSPS) is 12.0. The third-order valence-electron chi connectivity index (χ3n) is 4.01. The molecule has 152 valence electrons. The number of amides is 1. The Morgan fingerprint density at radius 3 is 2.00 bits per heavy atom. The van der Waals surface area contributed by atoms with Gasteiger partial charge in [-0.15, -0.1) is 0 Å². The minimum atomic E-state index is -3.60. The Morgan fingerprint density at radius 1 is 0.964 bits per heavy atom. The summed E-state index contributed by atoms with van der Waals surface area (Å²) in [5.74, 6) is 0.188. The molecule has 0 saturated heterocycles. The van der Waals surface area contributed by atoms with E-state index in [0.717, 1.165) is 9.26 Å². The van der Waals surface area contributed by atoms with Gasteiger partial charge >= 0.3 is 0 Å². The van der Waals surface area contributed by atoms with E-state index in [-0.39, 0.29) is 22.6 Å². The van der Waals surface area contributed by atoms with E-state index in [1.54, 1.807) is 12.1 Å². The van der Waals surface area contributed by atoms with Gasteiger partial charge in [0.2, 0.25) is 10.0 Å². The molecule has 28 heavy (non-hydrogen) atoms. The fourth-order valence-corrected chi connectivity index (χ4v) is 5.06. The molecule has 0 fully saturated rings. The summed E-state index contributed by atoms with van der Waals surface area (Å²) < 4.78 is 28.6. The first-order valence-electron chi connectivity index (χ1n) is 9.27. The smallest absolute Gasteiger partial charge is 0.255 e. The summed E-state index contributed by atoms with van der Waals surface area (Å²) in [5, 5.41) is 2.85. The molecule has 1 amide bonds. The Kier molecular flexibility index (Phi) is 8.03. The quantitative estimate of drug-likeness (QED) is 0.513. The molecule has 2 aromatic carbocycles. The van der Waals surface area contributed by atoms with Crippen molar-refractivity contribution in [3.05, 3.63) is 57.7 Å². The summed E-state index contributed by atoms with van der Waals surface area (Å²) in [4.78, 5) is 12.7. The van der Waals surface area contributed by atoms with E-state index in [1.165, 1.54) is 16.4 Å². The Morgan fingerprint density at radius 2 is 1.50 bits per heavy atom. The number of sulfonamides is 1. The van der Waals surface area contributed by atoms with Gasteiger partial charge < -0.3 is 5.32 Å². The lowest BCUT2D eigenvalue weighted by molar-refractivity contribution is 0.102. The molecule has 0 unspecified atom stereocenters. The van der Waals surface area contributed by atoms with E-state index < -0.39 is 10.0 Å². The zero-order valence-electron chi connectivity index (χ0n) is 16.6. The number of nitrogens with zero attached hydrogens (tertiary/aromatic N) is 1. The zero-order valence-corrected chi connectivity index (χ0v) is 19.6. The molecule has 0 aliphatic carbocycles. The highest BCUT2D eigenvalue weighted by molar-refractivity contribution is 14.1. The number of hydrogen-bond donors (Lipinski definition) is 1. The molecular weight excluding hydrogens is 487 g/mol. The fraction of sp³-hybridized carbons (Fsp3) is 0.381. The van der Waals surface area contributed by atoms with Gasteiger partial charge in [-0.1, -0.05) is 39.8 Å². The summed E-state index contributed by atoms with van der Waals surface area (Å²) in [6, 6.07) is 13.6. The average molecular weight is 514 g/mol. The van der Waals surface area contributed by atoms with Crippen LogP contribution in [-0.4, -0.2) is 31.7 Å². The second-order valence-electron chi connectivity index (χ2n) is 7.57. The summed E-state index contributed by atoms with van der Waals surface area (Å²) in [6.45, 7) is 8.94. The predicted molar refractivity (Wildman–Crippen MR) is 122 cm³/mol. The number of halogens is 1. The Labute approximate surface area is 181 Å². The Hall–Kier alpha value is -1.45. The number of rotatable bonds is 8. The fourth-order valence-electron chi connectivity index (χ4n) is 2.77. The lowest BCUT2D eigenvalue weighted by Gasteiger charge is -2.25. The molecule has 0 bridgehead atoms. The van der Waals surface area contributed by atoms with Crippen LogP contribution in [0, 0.1) is 15.4 Å². The van der Waals surface area contributed by atoms with Crippen molar-refractivity contribution < 1.29 is 13.2 Å². The highest BCUT2D eigenvalue weighted by atomic mass is 127. The van der Waals surface area contributed by atoms with Gasteiger partial charge in [0.15, 0.2) is 0 Å². The van der Waals surface area contributed by atoms with Crippen molar-refractivity contribution >= 4 is 44.2 Å². The van der Waals surface area contributed by atoms with Crippen LogP contribution in [0.3, 0.4) is 0 Å². The molecule has 0 atom stereocenters. The largest absolute Gasteiger partial charge is 0.321 e. The van der Waals surface area contributed by atoms with Crippen LogP contribution < -0.4 is 5.32 Å². The SMILES string of the molecule is CC(C)CN(CC(C)C)S(=O)(=O)c1ccc(C(=O)Nc2ccccc2I)cc1. The third-order valence-corrected chi connectivity index (χ3v) is 6.80. The highest BCUT2D eigenvalue weighted by Crippen LogP contribution is 2.21.